The summed E-state index contributed by atoms with van der Waals surface area (Å²) >= 11 is 0. The molecule has 1 rings (SSSR count). The van der Waals surface area contributed by atoms with E-state index in [1.165, 1.54) is 44.9 Å². The van der Waals surface area contributed by atoms with Crippen LogP contribution in [-0.2, 0) is 9.47 Å². The molecule has 0 amide bonds. The molecule has 4 atom stereocenters. The lowest BCUT2D eigenvalue weighted by Gasteiger charge is -2.37. The van der Waals surface area contributed by atoms with E-state index in [2.05, 4.69) is 19.1 Å². The van der Waals surface area contributed by atoms with E-state index >= 15 is 0 Å². The minimum Gasteiger partial charge on any atom is -0.394 e. The molecule has 0 bridgehead atoms. The van der Waals surface area contributed by atoms with E-state index in [4.69, 9.17) is 14.6 Å². The fourth-order valence-electron chi connectivity index (χ4n) is 3.26. The standard InChI is InChI=1S/C21H40O5/c1-2-3-4-5-6-7-8-9-10-11-12-13-14-15-25-21-18(23)17-26-19(16-22)20(21)24/h9-10,18-24H,2-8,11-17H2,1H3/b10-9+/t18-,19+,20+,21+/m0/s1. The zero-order valence-corrected chi connectivity index (χ0v) is 16.5. The summed E-state index contributed by atoms with van der Waals surface area (Å²) in [6.45, 7) is 2.59. The smallest absolute Gasteiger partial charge is 0.114 e. The fourth-order valence-corrected chi connectivity index (χ4v) is 3.26. The molecule has 1 aliphatic rings. The Labute approximate surface area is 159 Å². The maximum absolute atomic E-state index is 10.0. The van der Waals surface area contributed by atoms with Gasteiger partial charge in [0.15, 0.2) is 0 Å². The van der Waals surface area contributed by atoms with Gasteiger partial charge in [-0.2, -0.15) is 0 Å². The summed E-state index contributed by atoms with van der Waals surface area (Å²) in [5, 5.41) is 29.0. The Kier molecular flexibility index (Phi) is 14.1. The van der Waals surface area contributed by atoms with Crippen LogP contribution in [0.25, 0.3) is 0 Å². The highest BCUT2D eigenvalue weighted by atomic mass is 16.6. The Morgan fingerprint density at radius 1 is 0.923 bits per heavy atom. The van der Waals surface area contributed by atoms with Crippen LogP contribution in [0.5, 0.6) is 0 Å². The van der Waals surface area contributed by atoms with Gasteiger partial charge in [-0.3, -0.25) is 0 Å². The first kappa shape index (κ1) is 23.6. The van der Waals surface area contributed by atoms with E-state index < -0.39 is 24.4 Å². The Morgan fingerprint density at radius 3 is 2.19 bits per heavy atom. The molecule has 0 spiro atoms. The van der Waals surface area contributed by atoms with Crippen molar-refractivity contribution in [3.8, 4) is 0 Å². The SMILES string of the molecule is CCCCCCCC/C=C/CCCCCO[C@H]1[C@H](O)[C@@H](CO)OC[C@@H]1O. The van der Waals surface area contributed by atoms with Crippen LogP contribution in [0, 0.1) is 0 Å². The van der Waals surface area contributed by atoms with Gasteiger partial charge in [-0.05, 0) is 32.1 Å². The third-order valence-electron chi connectivity index (χ3n) is 4.97. The first-order chi connectivity index (χ1) is 12.7. The average molecular weight is 373 g/mol. The van der Waals surface area contributed by atoms with Gasteiger partial charge in [-0.1, -0.05) is 57.6 Å². The molecule has 26 heavy (non-hydrogen) atoms. The van der Waals surface area contributed by atoms with E-state index in [0.29, 0.717) is 6.61 Å². The lowest BCUT2D eigenvalue weighted by Crippen LogP contribution is -2.55. The van der Waals surface area contributed by atoms with Crippen LogP contribution < -0.4 is 0 Å². The average Bonchev–Trinajstić information content (AvgIpc) is 2.64. The summed E-state index contributed by atoms with van der Waals surface area (Å²) in [6.07, 6.45) is 14.9. The molecule has 0 unspecified atom stereocenters. The van der Waals surface area contributed by atoms with Crippen molar-refractivity contribution in [3.63, 3.8) is 0 Å². The van der Waals surface area contributed by atoms with E-state index in [1.54, 1.807) is 0 Å². The number of ether oxygens (including phenoxy) is 2. The minimum absolute atomic E-state index is 0.0936. The van der Waals surface area contributed by atoms with Crippen molar-refractivity contribution in [2.45, 2.75) is 102 Å². The first-order valence-corrected chi connectivity index (χ1v) is 10.6. The van der Waals surface area contributed by atoms with Crippen molar-refractivity contribution < 1.29 is 24.8 Å². The third kappa shape index (κ3) is 10.0. The lowest BCUT2D eigenvalue weighted by atomic mass is 10.0. The second-order valence-corrected chi connectivity index (χ2v) is 7.32. The predicted octanol–water partition coefficient (Wildman–Crippen LogP) is 3.35. The van der Waals surface area contributed by atoms with Crippen molar-refractivity contribution >= 4 is 0 Å². The molecule has 1 saturated heterocycles. The second kappa shape index (κ2) is 15.6. The van der Waals surface area contributed by atoms with E-state index in [9.17, 15) is 10.2 Å². The molecular weight excluding hydrogens is 332 g/mol. The van der Waals surface area contributed by atoms with Crippen molar-refractivity contribution in [3.05, 3.63) is 12.2 Å². The normalized spacial score (nSPS) is 26.6. The van der Waals surface area contributed by atoms with Crippen LogP contribution in [0.1, 0.15) is 77.6 Å². The molecule has 0 saturated carbocycles. The molecule has 1 heterocycles. The highest BCUT2D eigenvalue weighted by molar-refractivity contribution is 4.87. The van der Waals surface area contributed by atoms with E-state index in [0.717, 1.165) is 25.7 Å². The third-order valence-corrected chi connectivity index (χ3v) is 4.97. The summed E-state index contributed by atoms with van der Waals surface area (Å²) in [5.41, 5.74) is 0. The van der Waals surface area contributed by atoms with Crippen molar-refractivity contribution in [2.24, 2.45) is 0 Å². The second-order valence-electron chi connectivity index (χ2n) is 7.32. The fraction of sp³-hybridized carbons (Fsp3) is 0.905. The van der Waals surface area contributed by atoms with Gasteiger partial charge in [0.05, 0.1) is 13.2 Å². The van der Waals surface area contributed by atoms with Crippen molar-refractivity contribution in [1.82, 2.24) is 0 Å². The largest absolute Gasteiger partial charge is 0.394 e. The Bertz CT molecular complexity index is 347. The van der Waals surface area contributed by atoms with Crippen LogP contribution in [-0.4, -0.2) is 59.6 Å². The van der Waals surface area contributed by atoms with Gasteiger partial charge in [0.2, 0.25) is 0 Å². The number of allylic oxidation sites excluding steroid dienone is 2. The van der Waals surface area contributed by atoms with Gasteiger partial charge in [-0.15, -0.1) is 0 Å². The van der Waals surface area contributed by atoms with Gasteiger partial charge in [-0.25, -0.2) is 0 Å². The molecule has 1 fully saturated rings. The maximum Gasteiger partial charge on any atom is 0.114 e. The van der Waals surface area contributed by atoms with Crippen LogP contribution in [0.4, 0.5) is 0 Å². The molecule has 0 aromatic heterocycles. The van der Waals surface area contributed by atoms with Gasteiger partial charge < -0.3 is 24.8 Å². The molecule has 0 aliphatic carbocycles. The van der Waals surface area contributed by atoms with Gasteiger partial charge in [0.1, 0.15) is 24.4 Å². The number of unbranched alkanes of at least 4 members (excludes halogenated alkanes) is 9. The topological polar surface area (TPSA) is 79.2 Å². The zero-order chi connectivity index (χ0) is 19.0. The van der Waals surface area contributed by atoms with Crippen molar-refractivity contribution in [1.29, 1.82) is 0 Å². The van der Waals surface area contributed by atoms with Crippen LogP contribution in [0.3, 0.4) is 0 Å². The van der Waals surface area contributed by atoms with Gasteiger partial charge in [0, 0.05) is 6.61 Å². The summed E-state index contributed by atoms with van der Waals surface area (Å²) in [4.78, 5) is 0. The molecule has 5 nitrogen and oxygen atoms in total. The predicted molar refractivity (Wildman–Crippen MR) is 104 cm³/mol. The molecule has 3 N–H and O–H groups in total. The molecule has 0 aromatic carbocycles. The van der Waals surface area contributed by atoms with Crippen LogP contribution >= 0.6 is 0 Å². The highest BCUT2D eigenvalue weighted by Gasteiger charge is 2.38. The molecular formula is C21H40O5. The molecule has 1 aliphatic heterocycles. The molecule has 154 valence electrons. The monoisotopic (exact) mass is 372 g/mol. The van der Waals surface area contributed by atoms with E-state index in [-0.39, 0.29) is 13.2 Å². The van der Waals surface area contributed by atoms with Crippen LogP contribution in [0.2, 0.25) is 0 Å². The Balaban J connectivity index is 1.95. The quantitative estimate of drug-likeness (QED) is 0.303. The summed E-state index contributed by atoms with van der Waals surface area (Å²) < 4.78 is 10.8. The summed E-state index contributed by atoms with van der Waals surface area (Å²) in [7, 11) is 0. The Hall–Kier alpha value is -0.460. The molecule has 5 heteroatoms. The molecule has 0 aromatic rings. The van der Waals surface area contributed by atoms with Gasteiger partial charge in [0.25, 0.3) is 0 Å². The van der Waals surface area contributed by atoms with Crippen molar-refractivity contribution in [2.75, 3.05) is 19.8 Å². The van der Waals surface area contributed by atoms with Gasteiger partial charge >= 0.3 is 0 Å². The number of hydrogen-bond donors (Lipinski definition) is 3. The van der Waals surface area contributed by atoms with Crippen LogP contribution in [0.15, 0.2) is 12.2 Å². The highest BCUT2D eigenvalue weighted by Crippen LogP contribution is 2.19. The molecule has 0 radical (unpaired) electrons. The van der Waals surface area contributed by atoms with E-state index in [1.807, 2.05) is 0 Å². The lowest BCUT2D eigenvalue weighted by molar-refractivity contribution is -0.210. The summed E-state index contributed by atoms with van der Waals surface area (Å²) in [5.74, 6) is 0. The summed E-state index contributed by atoms with van der Waals surface area (Å²) in [6, 6.07) is 0. The number of hydrogen-bond acceptors (Lipinski definition) is 5. The maximum atomic E-state index is 10.0. The Morgan fingerprint density at radius 2 is 1.54 bits per heavy atom. The number of aliphatic hydroxyl groups is 3. The number of rotatable bonds is 15. The first-order valence-electron chi connectivity index (χ1n) is 10.6. The number of aliphatic hydroxyl groups excluding tert-OH is 3. The minimum atomic E-state index is -0.978. The zero-order valence-electron chi connectivity index (χ0n) is 16.5.